The largest absolute Gasteiger partial charge is 0.293 e. The van der Waals surface area contributed by atoms with Gasteiger partial charge in [0.2, 0.25) is 10.0 Å². The maximum Gasteiger partial charge on any atom is 0.240 e. The molecule has 0 fully saturated rings. The van der Waals surface area contributed by atoms with Crippen LogP contribution >= 0.6 is 23.2 Å². The molecule has 4 nitrogen and oxygen atoms in total. The van der Waals surface area contributed by atoms with Crippen molar-refractivity contribution in [2.24, 2.45) is 0 Å². The van der Waals surface area contributed by atoms with Crippen LogP contribution in [0, 0.1) is 0 Å². The van der Waals surface area contributed by atoms with E-state index < -0.39 is 10.0 Å². The third-order valence-corrected chi connectivity index (χ3v) is 4.63. The molecule has 2 aromatic rings. The topological polar surface area (TPSA) is 63.2 Å². The third-order valence-electron chi connectivity index (χ3n) is 2.71. The van der Waals surface area contributed by atoms with Gasteiger partial charge in [0.1, 0.15) is 0 Å². The van der Waals surface area contributed by atoms with E-state index in [9.17, 15) is 13.2 Å². The number of Topliss-reactive ketones (excluding diaryl/α,β-unsaturated/α-hetero) is 1. The monoisotopic (exact) mass is 343 g/mol. The lowest BCUT2D eigenvalue weighted by Gasteiger charge is -2.06. The number of carbonyl (C=O) groups is 1. The summed E-state index contributed by atoms with van der Waals surface area (Å²) in [6.45, 7) is -0.327. The van der Waals surface area contributed by atoms with Gasteiger partial charge in [0.25, 0.3) is 0 Å². The van der Waals surface area contributed by atoms with E-state index in [2.05, 4.69) is 4.72 Å². The average molecular weight is 344 g/mol. The summed E-state index contributed by atoms with van der Waals surface area (Å²) < 4.78 is 26.3. The number of benzene rings is 2. The molecule has 2 rings (SSSR count). The van der Waals surface area contributed by atoms with Crippen molar-refractivity contribution in [2.45, 2.75) is 4.90 Å². The van der Waals surface area contributed by atoms with Crippen LogP contribution in [0.3, 0.4) is 0 Å². The van der Waals surface area contributed by atoms with E-state index in [4.69, 9.17) is 23.2 Å². The molecular weight excluding hydrogens is 333 g/mol. The molecule has 0 saturated heterocycles. The SMILES string of the molecule is O=C(CNS(=O)(=O)c1ccc(Cl)cc1)c1ccc(Cl)cc1. The predicted molar refractivity (Wildman–Crippen MR) is 82.4 cm³/mol. The van der Waals surface area contributed by atoms with Gasteiger partial charge in [-0.1, -0.05) is 23.2 Å². The highest BCUT2D eigenvalue weighted by atomic mass is 35.5. The van der Waals surface area contributed by atoms with Gasteiger partial charge in [0.05, 0.1) is 11.4 Å². The van der Waals surface area contributed by atoms with Crippen LogP contribution in [0.1, 0.15) is 10.4 Å². The van der Waals surface area contributed by atoms with Crippen LogP contribution in [-0.2, 0) is 10.0 Å². The first-order valence-corrected chi connectivity index (χ1v) is 8.16. The second kappa shape index (κ2) is 6.58. The molecule has 0 saturated carbocycles. The molecule has 0 aliphatic rings. The van der Waals surface area contributed by atoms with E-state index in [1.807, 2.05) is 0 Å². The number of nitrogens with one attached hydrogen (secondary N) is 1. The molecule has 1 N–H and O–H groups in total. The van der Waals surface area contributed by atoms with Gasteiger partial charge in [-0.2, -0.15) is 0 Å². The van der Waals surface area contributed by atoms with Crippen LogP contribution in [0.2, 0.25) is 10.0 Å². The number of sulfonamides is 1. The first kappa shape index (κ1) is 16.0. The van der Waals surface area contributed by atoms with Crippen molar-refractivity contribution in [3.8, 4) is 0 Å². The lowest BCUT2D eigenvalue weighted by atomic mass is 10.1. The Morgan fingerprint density at radius 2 is 1.38 bits per heavy atom. The standard InChI is InChI=1S/C14H11Cl2NO3S/c15-11-3-1-10(2-4-11)14(18)9-17-21(19,20)13-7-5-12(16)6-8-13/h1-8,17H,9H2. The second-order valence-electron chi connectivity index (χ2n) is 4.21. The van der Waals surface area contributed by atoms with Crippen LogP contribution < -0.4 is 4.72 Å². The molecule has 2 aromatic carbocycles. The highest BCUT2D eigenvalue weighted by molar-refractivity contribution is 7.89. The maximum atomic E-state index is 12.0. The Balaban J connectivity index is 2.06. The first-order valence-electron chi connectivity index (χ1n) is 5.92. The Bertz CT molecular complexity index is 741. The fraction of sp³-hybridized carbons (Fsp3) is 0.0714. The zero-order chi connectivity index (χ0) is 15.5. The molecule has 7 heteroatoms. The fourth-order valence-corrected chi connectivity index (χ4v) is 2.83. The number of halogens is 2. The third kappa shape index (κ3) is 4.28. The van der Waals surface area contributed by atoms with E-state index in [0.717, 1.165) is 0 Å². The highest BCUT2D eigenvalue weighted by Crippen LogP contribution is 2.14. The molecule has 0 heterocycles. The van der Waals surface area contributed by atoms with Crippen LogP contribution in [0.25, 0.3) is 0 Å². The summed E-state index contributed by atoms with van der Waals surface area (Å²) in [5.41, 5.74) is 0.387. The van der Waals surface area contributed by atoms with Crippen molar-refractivity contribution < 1.29 is 13.2 Å². The quantitative estimate of drug-likeness (QED) is 0.848. The molecule has 0 atom stereocenters. The van der Waals surface area contributed by atoms with Crippen molar-refractivity contribution in [1.29, 1.82) is 0 Å². The number of carbonyl (C=O) groups excluding carboxylic acids is 1. The Labute approximate surface area is 132 Å². The lowest BCUT2D eigenvalue weighted by Crippen LogP contribution is -2.29. The molecule has 0 spiro atoms. The van der Waals surface area contributed by atoms with E-state index in [1.54, 1.807) is 24.3 Å². The molecule has 0 aromatic heterocycles. The van der Waals surface area contributed by atoms with Gasteiger partial charge in [-0.25, -0.2) is 13.1 Å². The van der Waals surface area contributed by atoms with Crippen LogP contribution in [0.4, 0.5) is 0 Å². The minimum absolute atomic E-state index is 0.0517. The van der Waals surface area contributed by atoms with Gasteiger partial charge in [0, 0.05) is 15.6 Å². The van der Waals surface area contributed by atoms with Gasteiger partial charge in [0.15, 0.2) is 5.78 Å². The lowest BCUT2D eigenvalue weighted by molar-refractivity contribution is 0.0997. The Hall–Kier alpha value is -1.40. The summed E-state index contributed by atoms with van der Waals surface area (Å²) >= 11 is 11.4. The fourth-order valence-electron chi connectivity index (χ4n) is 1.60. The summed E-state index contributed by atoms with van der Waals surface area (Å²) in [5.74, 6) is -0.343. The molecule has 110 valence electrons. The van der Waals surface area contributed by atoms with Gasteiger partial charge < -0.3 is 0 Å². The number of rotatable bonds is 5. The summed E-state index contributed by atoms with van der Waals surface area (Å²) in [7, 11) is -3.74. The molecule has 21 heavy (non-hydrogen) atoms. The van der Waals surface area contributed by atoms with Crippen molar-refractivity contribution in [3.05, 3.63) is 64.1 Å². The minimum Gasteiger partial charge on any atom is -0.293 e. The summed E-state index contributed by atoms with van der Waals surface area (Å²) in [5, 5.41) is 0.944. The van der Waals surface area contributed by atoms with E-state index in [0.29, 0.717) is 15.6 Å². The Morgan fingerprint density at radius 3 is 1.90 bits per heavy atom. The first-order chi connectivity index (χ1) is 9.88. The smallest absolute Gasteiger partial charge is 0.240 e. The van der Waals surface area contributed by atoms with Crippen molar-refractivity contribution >= 4 is 39.0 Å². The van der Waals surface area contributed by atoms with E-state index in [-0.39, 0.29) is 17.2 Å². The predicted octanol–water partition coefficient (Wildman–Crippen LogP) is 3.15. The van der Waals surface area contributed by atoms with E-state index >= 15 is 0 Å². The molecule has 0 unspecified atom stereocenters. The molecular formula is C14H11Cl2NO3S. The molecule has 0 aliphatic heterocycles. The van der Waals surface area contributed by atoms with Crippen LogP contribution in [0.5, 0.6) is 0 Å². The van der Waals surface area contributed by atoms with E-state index in [1.165, 1.54) is 24.3 Å². The Morgan fingerprint density at radius 1 is 0.905 bits per heavy atom. The van der Waals surface area contributed by atoms with Crippen molar-refractivity contribution in [1.82, 2.24) is 4.72 Å². The highest BCUT2D eigenvalue weighted by Gasteiger charge is 2.16. The zero-order valence-electron chi connectivity index (χ0n) is 10.7. The average Bonchev–Trinajstić information content (AvgIpc) is 2.46. The molecule has 0 radical (unpaired) electrons. The summed E-state index contributed by atoms with van der Waals surface area (Å²) in [6.07, 6.45) is 0. The minimum atomic E-state index is -3.74. The van der Waals surface area contributed by atoms with Crippen molar-refractivity contribution in [3.63, 3.8) is 0 Å². The summed E-state index contributed by atoms with van der Waals surface area (Å²) in [6, 6.07) is 11.9. The zero-order valence-corrected chi connectivity index (χ0v) is 13.0. The van der Waals surface area contributed by atoms with Crippen LogP contribution in [-0.4, -0.2) is 20.7 Å². The van der Waals surface area contributed by atoms with Crippen LogP contribution in [0.15, 0.2) is 53.4 Å². The molecule has 0 bridgehead atoms. The Kier molecular flexibility index (Phi) is 5.00. The number of hydrogen-bond acceptors (Lipinski definition) is 3. The van der Waals surface area contributed by atoms with Crippen molar-refractivity contribution in [2.75, 3.05) is 6.54 Å². The van der Waals surface area contributed by atoms with Gasteiger partial charge in [-0.3, -0.25) is 4.79 Å². The number of hydrogen-bond donors (Lipinski definition) is 1. The van der Waals surface area contributed by atoms with Gasteiger partial charge in [-0.05, 0) is 48.5 Å². The van der Waals surface area contributed by atoms with Gasteiger partial charge in [-0.15, -0.1) is 0 Å². The second-order valence-corrected chi connectivity index (χ2v) is 6.85. The van der Waals surface area contributed by atoms with Gasteiger partial charge >= 0.3 is 0 Å². The molecule has 0 aliphatic carbocycles. The molecule has 0 amide bonds. The maximum absolute atomic E-state index is 12.0. The number of ketones is 1. The summed E-state index contributed by atoms with van der Waals surface area (Å²) in [4.78, 5) is 11.9. The normalized spacial score (nSPS) is 11.3.